The minimum atomic E-state index is -0.729. The quantitative estimate of drug-likeness (QED) is 0.781. The van der Waals surface area contributed by atoms with E-state index in [9.17, 15) is 15.3 Å². The molecule has 0 unspecified atom stereocenters. The number of nitrogens with two attached hydrogens (primary N) is 1. The van der Waals surface area contributed by atoms with E-state index in [-0.39, 0.29) is 22.8 Å². The molecule has 3 rings (SSSR count). The molecule has 1 atom stereocenters. The van der Waals surface area contributed by atoms with E-state index in [1.54, 1.807) is 31.2 Å². The molecular weight excluding hydrogens is 318 g/mol. The summed E-state index contributed by atoms with van der Waals surface area (Å²) in [5, 5.41) is 19.8. The number of aromatic nitrogens is 1. The van der Waals surface area contributed by atoms with Crippen LogP contribution in [-0.2, 0) is 0 Å². The number of hydrogen-bond acceptors (Lipinski definition) is 5. The second-order valence-electron chi connectivity index (χ2n) is 5.16. The molecule has 0 bridgehead atoms. The summed E-state index contributed by atoms with van der Waals surface area (Å²) in [5.74, 6) is -0.559. The maximum Gasteiger partial charge on any atom is 0.291 e. The van der Waals surface area contributed by atoms with Gasteiger partial charge >= 0.3 is 0 Å². The van der Waals surface area contributed by atoms with Gasteiger partial charge in [-0.3, -0.25) is 4.79 Å². The van der Waals surface area contributed by atoms with E-state index in [0.29, 0.717) is 21.0 Å². The van der Waals surface area contributed by atoms with Crippen LogP contribution in [-0.4, -0.2) is 9.94 Å². The molecule has 0 spiro atoms. The lowest BCUT2D eigenvalue weighted by Gasteiger charge is -2.26. The monoisotopic (exact) mass is 329 g/mol. The fraction of sp³-hybridized carbons (Fsp3) is 0.125. The van der Waals surface area contributed by atoms with Crippen LogP contribution < -0.4 is 16.0 Å². The highest BCUT2D eigenvalue weighted by Crippen LogP contribution is 2.40. The van der Waals surface area contributed by atoms with Crippen LogP contribution in [0, 0.1) is 18.3 Å². The van der Waals surface area contributed by atoms with Gasteiger partial charge in [-0.15, -0.1) is 0 Å². The number of allylic oxidation sites excluding steroid dienone is 1. The summed E-state index contributed by atoms with van der Waals surface area (Å²) >= 11 is 5.89. The number of benzene rings is 1. The van der Waals surface area contributed by atoms with Gasteiger partial charge in [0.15, 0.2) is 0 Å². The number of halogens is 1. The zero-order valence-electron chi connectivity index (χ0n) is 12.1. The van der Waals surface area contributed by atoms with Crippen molar-refractivity contribution in [2.24, 2.45) is 5.73 Å². The maximum atomic E-state index is 12.5. The van der Waals surface area contributed by atoms with Gasteiger partial charge in [0.2, 0.25) is 5.88 Å². The zero-order chi connectivity index (χ0) is 16.7. The lowest BCUT2D eigenvalue weighted by Crippen LogP contribution is -2.31. The molecule has 1 aliphatic heterocycles. The van der Waals surface area contributed by atoms with E-state index in [1.165, 1.54) is 6.07 Å². The first kappa shape index (κ1) is 15.0. The van der Waals surface area contributed by atoms with Crippen LogP contribution in [0.2, 0.25) is 5.02 Å². The highest BCUT2D eigenvalue weighted by molar-refractivity contribution is 6.30. The Morgan fingerprint density at radius 3 is 2.65 bits per heavy atom. The molecule has 116 valence electrons. The van der Waals surface area contributed by atoms with Crippen molar-refractivity contribution in [2.45, 2.75) is 12.8 Å². The normalized spacial score (nSPS) is 16.5. The first-order chi connectivity index (χ1) is 10.9. The van der Waals surface area contributed by atoms with Gasteiger partial charge in [0, 0.05) is 11.1 Å². The Kier molecular flexibility index (Phi) is 3.51. The summed E-state index contributed by atoms with van der Waals surface area (Å²) in [6.07, 6.45) is 0. The smallest absolute Gasteiger partial charge is 0.291 e. The molecule has 2 aromatic rings. The molecule has 7 heteroatoms. The molecule has 6 nitrogen and oxygen atoms in total. The first-order valence-corrected chi connectivity index (χ1v) is 7.10. The molecule has 0 saturated carbocycles. The van der Waals surface area contributed by atoms with Crippen LogP contribution in [0.15, 0.2) is 46.6 Å². The second kappa shape index (κ2) is 5.38. The number of aryl methyl sites for hydroxylation is 1. The predicted molar refractivity (Wildman–Crippen MR) is 83.4 cm³/mol. The van der Waals surface area contributed by atoms with Crippen molar-refractivity contribution in [3.8, 4) is 11.8 Å². The molecule has 0 fully saturated rings. The Labute approximate surface area is 136 Å². The fourth-order valence-electron chi connectivity index (χ4n) is 2.63. The summed E-state index contributed by atoms with van der Waals surface area (Å²) in [7, 11) is 0. The lowest BCUT2D eigenvalue weighted by molar-refractivity contribution is 0.165. The highest BCUT2D eigenvalue weighted by Gasteiger charge is 2.34. The third-order valence-corrected chi connectivity index (χ3v) is 4.00. The number of nitriles is 1. The predicted octanol–water partition coefficient (Wildman–Crippen LogP) is 2.27. The minimum Gasteiger partial charge on any atom is -0.440 e. The Morgan fingerprint density at radius 2 is 2.04 bits per heavy atom. The molecule has 3 N–H and O–H groups in total. The van der Waals surface area contributed by atoms with Gasteiger partial charge < -0.3 is 15.7 Å². The van der Waals surface area contributed by atoms with Gasteiger partial charge in [0.05, 0.1) is 17.2 Å². The summed E-state index contributed by atoms with van der Waals surface area (Å²) < 4.78 is 5.94. The number of rotatable bonds is 1. The molecule has 0 amide bonds. The van der Waals surface area contributed by atoms with Gasteiger partial charge in [-0.1, -0.05) is 23.7 Å². The largest absolute Gasteiger partial charge is 0.440 e. The van der Waals surface area contributed by atoms with Gasteiger partial charge in [0.25, 0.3) is 5.56 Å². The number of nitrogens with zero attached hydrogens (tertiary/aromatic N) is 2. The van der Waals surface area contributed by atoms with Gasteiger partial charge in [0.1, 0.15) is 17.4 Å². The van der Waals surface area contributed by atoms with E-state index >= 15 is 0 Å². The number of fused-ring (bicyclic) bond motifs is 1. The van der Waals surface area contributed by atoms with Crippen molar-refractivity contribution in [3.63, 3.8) is 0 Å². The van der Waals surface area contributed by atoms with Crippen LogP contribution in [0.4, 0.5) is 0 Å². The number of pyridine rings is 1. The third-order valence-electron chi connectivity index (χ3n) is 3.75. The van der Waals surface area contributed by atoms with E-state index in [1.807, 2.05) is 6.07 Å². The number of ether oxygens (including phenoxy) is 1. The maximum absolute atomic E-state index is 12.5. The van der Waals surface area contributed by atoms with Gasteiger partial charge in [-0.2, -0.15) is 9.99 Å². The van der Waals surface area contributed by atoms with Gasteiger partial charge in [-0.05, 0) is 24.6 Å². The molecule has 0 aliphatic carbocycles. The Bertz CT molecular complexity index is 923. The van der Waals surface area contributed by atoms with Crippen molar-refractivity contribution < 1.29 is 9.94 Å². The van der Waals surface area contributed by atoms with E-state index < -0.39 is 11.5 Å². The average molecular weight is 330 g/mol. The third kappa shape index (κ3) is 2.31. The standard InChI is InChI=1S/C16H12ClN3O3/c1-8-6-12-14(16(21)20(8)22)13(11(7-18)15(19)23-12)9-2-4-10(17)5-3-9/h2-6,13,22H,19H2,1H3/t13-/m0/s1. The van der Waals surface area contributed by atoms with Crippen LogP contribution >= 0.6 is 11.6 Å². The van der Waals surface area contributed by atoms with E-state index in [2.05, 4.69) is 0 Å². The summed E-state index contributed by atoms with van der Waals surface area (Å²) in [4.78, 5) is 12.5. The molecular formula is C16H12ClN3O3. The Hall–Kier alpha value is -2.91. The zero-order valence-corrected chi connectivity index (χ0v) is 12.8. The van der Waals surface area contributed by atoms with Crippen molar-refractivity contribution >= 4 is 11.6 Å². The molecule has 23 heavy (non-hydrogen) atoms. The average Bonchev–Trinajstić information content (AvgIpc) is 2.52. The summed E-state index contributed by atoms with van der Waals surface area (Å²) in [6.45, 7) is 1.56. The molecule has 0 saturated heterocycles. The Morgan fingerprint density at radius 1 is 1.39 bits per heavy atom. The van der Waals surface area contributed by atoms with Crippen LogP contribution in [0.1, 0.15) is 22.7 Å². The second-order valence-corrected chi connectivity index (χ2v) is 5.59. The van der Waals surface area contributed by atoms with Crippen molar-refractivity contribution in [3.05, 3.63) is 74.0 Å². The lowest BCUT2D eigenvalue weighted by atomic mass is 9.84. The first-order valence-electron chi connectivity index (χ1n) is 6.73. The highest BCUT2D eigenvalue weighted by atomic mass is 35.5. The van der Waals surface area contributed by atoms with E-state index in [0.717, 1.165) is 0 Å². The molecule has 2 heterocycles. The van der Waals surface area contributed by atoms with Crippen molar-refractivity contribution in [1.82, 2.24) is 4.73 Å². The summed E-state index contributed by atoms with van der Waals surface area (Å²) in [5.41, 5.74) is 6.41. The molecule has 1 aromatic heterocycles. The topological polar surface area (TPSA) is 101 Å². The molecule has 0 radical (unpaired) electrons. The van der Waals surface area contributed by atoms with Crippen molar-refractivity contribution in [2.75, 3.05) is 0 Å². The molecule has 1 aliphatic rings. The van der Waals surface area contributed by atoms with Crippen LogP contribution in [0.3, 0.4) is 0 Å². The SMILES string of the molecule is Cc1cc2c(c(=O)n1O)[C@@H](c1ccc(Cl)cc1)C(C#N)=C(N)O2. The fourth-order valence-corrected chi connectivity index (χ4v) is 2.75. The number of hydrogen-bond donors (Lipinski definition) is 2. The van der Waals surface area contributed by atoms with Crippen LogP contribution in [0.25, 0.3) is 0 Å². The van der Waals surface area contributed by atoms with E-state index in [4.69, 9.17) is 22.1 Å². The molecule has 1 aromatic carbocycles. The summed E-state index contributed by atoms with van der Waals surface area (Å²) in [6, 6.07) is 10.2. The Balaban J connectivity index is 2.33. The van der Waals surface area contributed by atoms with Crippen LogP contribution in [0.5, 0.6) is 5.75 Å². The minimum absolute atomic E-state index is 0.0607. The van der Waals surface area contributed by atoms with Crippen molar-refractivity contribution in [1.29, 1.82) is 5.26 Å². The van der Waals surface area contributed by atoms with Gasteiger partial charge in [-0.25, -0.2) is 0 Å².